The first kappa shape index (κ1) is 15.0. The fourth-order valence-corrected chi connectivity index (χ4v) is 2.78. The summed E-state index contributed by atoms with van der Waals surface area (Å²) in [5.41, 5.74) is 0.851. The molecular weight excluding hydrogens is 252 g/mol. The van der Waals surface area contributed by atoms with Crippen LogP contribution in [-0.4, -0.2) is 49.2 Å². The van der Waals surface area contributed by atoms with Crippen LogP contribution in [0.1, 0.15) is 19.8 Å². The Hall–Kier alpha value is -1.39. The summed E-state index contributed by atoms with van der Waals surface area (Å²) in [4.78, 5) is 16.2. The first-order chi connectivity index (χ1) is 9.54. The fraction of sp³-hybridized carbons (Fsp3) is 0.562. The molecule has 0 bridgehead atoms. The van der Waals surface area contributed by atoms with E-state index in [4.69, 9.17) is 0 Å². The molecule has 1 heterocycles. The van der Waals surface area contributed by atoms with Crippen molar-refractivity contribution >= 4 is 11.6 Å². The molecular formula is C16H24N2O2. The summed E-state index contributed by atoms with van der Waals surface area (Å²) in [5.74, 6) is 0.0957. The number of para-hydroxylation sites is 1. The largest absolute Gasteiger partial charge is 0.396 e. The lowest BCUT2D eigenvalue weighted by atomic mass is 9.83. The first-order valence-electron chi connectivity index (χ1n) is 7.19. The third-order valence-corrected chi connectivity index (χ3v) is 4.12. The lowest BCUT2D eigenvalue weighted by molar-refractivity contribution is -0.120. The summed E-state index contributed by atoms with van der Waals surface area (Å²) in [7, 11) is 1.81. The maximum Gasteiger partial charge on any atom is 0.240 e. The van der Waals surface area contributed by atoms with E-state index in [-0.39, 0.29) is 17.9 Å². The highest BCUT2D eigenvalue weighted by atomic mass is 16.3. The molecule has 1 aliphatic rings. The molecule has 1 fully saturated rings. The number of likely N-dealkylation sites (tertiary alicyclic amines) is 1. The van der Waals surface area contributed by atoms with Crippen LogP contribution in [0, 0.1) is 5.41 Å². The average molecular weight is 276 g/mol. The number of likely N-dealkylation sites (N-methyl/N-ethyl adjacent to an activating group) is 1. The predicted octanol–water partition coefficient (Wildman–Crippen LogP) is 1.74. The van der Waals surface area contributed by atoms with E-state index < -0.39 is 0 Å². The van der Waals surface area contributed by atoms with Gasteiger partial charge in [-0.05, 0) is 31.5 Å². The minimum Gasteiger partial charge on any atom is -0.396 e. The maximum atomic E-state index is 12.3. The zero-order valence-corrected chi connectivity index (χ0v) is 12.4. The Bertz CT molecular complexity index is 449. The minimum atomic E-state index is -0.0656. The van der Waals surface area contributed by atoms with E-state index in [0.29, 0.717) is 6.54 Å². The van der Waals surface area contributed by atoms with Gasteiger partial charge in [-0.25, -0.2) is 0 Å². The normalized spacial score (nSPS) is 23.6. The molecule has 1 aromatic rings. The van der Waals surface area contributed by atoms with Crippen LogP contribution in [-0.2, 0) is 4.79 Å². The van der Waals surface area contributed by atoms with Crippen molar-refractivity contribution in [3.63, 3.8) is 0 Å². The van der Waals surface area contributed by atoms with Gasteiger partial charge in [-0.2, -0.15) is 0 Å². The van der Waals surface area contributed by atoms with Crippen molar-refractivity contribution in [1.29, 1.82) is 0 Å². The van der Waals surface area contributed by atoms with E-state index in [1.54, 1.807) is 4.90 Å². The molecule has 0 aromatic heterocycles. The standard InChI is InChI=1S/C16H24N2O2/c1-16(13-19)9-6-10-18(12-16)11-15(20)17(2)14-7-4-3-5-8-14/h3-5,7-8,19H,6,9-13H2,1-2H3. The number of amides is 1. The smallest absolute Gasteiger partial charge is 0.240 e. The van der Waals surface area contributed by atoms with Gasteiger partial charge >= 0.3 is 0 Å². The van der Waals surface area contributed by atoms with Crippen molar-refractivity contribution in [3.8, 4) is 0 Å². The average Bonchev–Trinajstić information content (AvgIpc) is 2.47. The highest BCUT2D eigenvalue weighted by Gasteiger charge is 2.31. The van der Waals surface area contributed by atoms with Gasteiger partial charge in [0.25, 0.3) is 0 Å². The number of aliphatic hydroxyl groups excluding tert-OH is 1. The van der Waals surface area contributed by atoms with Gasteiger partial charge < -0.3 is 10.0 Å². The third kappa shape index (κ3) is 3.58. The predicted molar refractivity (Wildman–Crippen MR) is 80.7 cm³/mol. The Morgan fingerprint density at radius 2 is 2.10 bits per heavy atom. The summed E-state index contributed by atoms with van der Waals surface area (Å²) in [6, 6.07) is 9.68. The van der Waals surface area contributed by atoms with Gasteiger partial charge in [0.2, 0.25) is 5.91 Å². The third-order valence-electron chi connectivity index (χ3n) is 4.12. The Labute approximate surface area is 121 Å². The maximum absolute atomic E-state index is 12.3. The van der Waals surface area contributed by atoms with E-state index in [2.05, 4.69) is 11.8 Å². The molecule has 110 valence electrons. The number of carbonyl (C=O) groups is 1. The Morgan fingerprint density at radius 1 is 1.40 bits per heavy atom. The van der Waals surface area contributed by atoms with Crippen molar-refractivity contribution in [1.82, 2.24) is 4.90 Å². The number of benzene rings is 1. The molecule has 20 heavy (non-hydrogen) atoms. The second-order valence-corrected chi connectivity index (χ2v) is 6.07. The van der Waals surface area contributed by atoms with E-state index in [9.17, 15) is 9.90 Å². The van der Waals surface area contributed by atoms with Gasteiger partial charge in [0.05, 0.1) is 6.54 Å². The van der Waals surface area contributed by atoms with Crippen LogP contribution in [0.25, 0.3) is 0 Å². The molecule has 4 heteroatoms. The number of aliphatic hydroxyl groups is 1. The van der Waals surface area contributed by atoms with Gasteiger partial charge in [-0.3, -0.25) is 9.69 Å². The van der Waals surface area contributed by atoms with Crippen LogP contribution in [0.15, 0.2) is 30.3 Å². The molecule has 1 aromatic carbocycles. The van der Waals surface area contributed by atoms with Crippen LogP contribution >= 0.6 is 0 Å². The summed E-state index contributed by atoms with van der Waals surface area (Å²) in [6.07, 6.45) is 2.07. The van der Waals surface area contributed by atoms with Crippen molar-refractivity contribution in [2.24, 2.45) is 5.41 Å². The SMILES string of the molecule is CN(C(=O)CN1CCCC(C)(CO)C1)c1ccccc1. The number of rotatable bonds is 4. The first-order valence-corrected chi connectivity index (χ1v) is 7.19. The Morgan fingerprint density at radius 3 is 2.75 bits per heavy atom. The van der Waals surface area contributed by atoms with E-state index >= 15 is 0 Å². The van der Waals surface area contributed by atoms with Crippen LogP contribution in [0.4, 0.5) is 5.69 Å². The van der Waals surface area contributed by atoms with Gasteiger partial charge in [0.1, 0.15) is 0 Å². The van der Waals surface area contributed by atoms with Crippen molar-refractivity contribution in [2.75, 3.05) is 38.2 Å². The number of piperidine rings is 1. The van der Waals surface area contributed by atoms with Gasteiger partial charge in [0, 0.05) is 31.3 Å². The number of hydrogen-bond acceptors (Lipinski definition) is 3. The lowest BCUT2D eigenvalue weighted by Gasteiger charge is -2.39. The molecule has 1 atom stereocenters. The molecule has 0 radical (unpaired) electrons. The molecule has 0 saturated carbocycles. The number of carbonyl (C=O) groups excluding carboxylic acids is 1. The van der Waals surface area contributed by atoms with Crippen LogP contribution in [0.2, 0.25) is 0 Å². The summed E-state index contributed by atoms with van der Waals surface area (Å²) in [6.45, 7) is 4.42. The van der Waals surface area contributed by atoms with E-state index in [1.807, 2.05) is 37.4 Å². The number of anilines is 1. The second-order valence-electron chi connectivity index (χ2n) is 6.07. The lowest BCUT2D eigenvalue weighted by Crippen LogP contribution is -2.47. The molecule has 0 aliphatic carbocycles. The second kappa shape index (κ2) is 6.37. The highest BCUT2D eigenvalue weighted by molar-refractivity contribution is 5.94. The van der Waals surface area contributed by atoms with Gasteiger partial charge in [-0.15, -0.1) is 0 Å². The monoisotopic (exact) mass is 276 g/mol. The van der Waals surface area contributed by atoms with Crippen LogP contribution in [0.3, 0.4) is 0 Å². The number of hydrogen-bond donors (Lipinski definition) is 1. The van der Waals surface area contributed by atoms with Crippen molar-refractivity contribution < 1.29 is 9.90 Å². The van der Waals surface area contributed by atoms with E-state index in [0.717, 1.165) is 31.6 Å². The Balaban J connectivity index is 1.94. The van der Waals surface area contributed by atoms with E-state index in [1.165, 1.54) is 0 Å². The molecule has 1 N–H and O–H groups in total. The molecule has 1 unspecified atom stereocenters. The zero-order valence-electron chi connectivity index (χ0n) is 12.4. The summed E-state index contributed by atoms with van der Waals surface area (Å²) >= 11 is 0. The molecule has 4 nitrogen and oxygen atoms in total. The zero-order chi connectivity index (χ0) is 14.6. The Kier molecular flexibility index (Phi) is 4.78. The van der Waals surface area contributed by atoms with Crippen LogP contribution in [0.5, 0.6) is 0 Å². The highest BCUT2D eigenvalue weighted by Crippen LogP contribution is 2.28. The fourth-order valence-electron chi connectivity index (χ4n) is 2.78. The molecule has 1 saturated heterocycles. The molecule has 1 amide bonds. The number of nitrogens with zero attached hydrogens (tertiary/aromatic N) is 2. The quantitative estimate of drug-likeness (QED) is 0.911. The van der Waals surface area contributed by atoms with Crippen LogP contribution < -0.4 is 4.90 Å². The molecule has 0 spiro atoms. The van der Waals surface area contributed by atoms with Gasteiger partial charge in [0.15, 0.2) is 0 Å². The summed E-state index contributed by atoms with van der Waals surface area (Å²) < 4.78 is 0. The minimum absolute atomic E-state index is 0.0656. The topological polar surface area (TPSA) is 43.8 Å². The molecule has 1 aliphatic heterocycles. The van der Waals surface area contributed by atoms with Crippen molar-refractivity contribution in [2.45, 2.75) is 19.8 Å². The van der Waals surface area contributed by atoms with Crippen molar-refractivity contribution in [3.05, 3.63) is 30.3 Å². The van der Waals surface area contributed by atoms with Gasteiger partial charge in [-0.1, -0.05) is 25.1 Å². The summed E-state index contributed by atoms with van der Waals surface area (Å²) in [5, 5.41) is 9.47. The molecule has 2 rings (SSSR count).